The molecule has 2 aliphatic heterocycles. The Labute approximate surface area is 418 Å². The number of hydrogen-bond donors (Lipinski definition) is 0. The number of rotatable bonds is 4. The summed E-state index contributed by atoms with van der Waals surface area (Å²) < 4.78 is 60.7. The summed E-state index contributed by atoms with van der Waals surface area (Å²) in [6.45, 7) is 22.2. The third-order valence-electron chi connectivity index (χ3n) is 14.0. The number of nitrogens with zero attached hydrogens (tertiary/aromatic N) is 7. The maximum atomic E-state index is 17.2. The Hall–Kier alpha value is -6.52. The highest BCUT2D eigenvalue weighted by atomic mass is 19.3. The second kappa shape index (κ2) is 16.5. The van der Waals surface area contributed by atoms with Gasteiger partial charge in [0.05, 0.1) is 35.0 Å². The number of hydrogen-bond acceptors (Lipinski definition) is 11. The van der Waals surface area contributed by atoms with Gasteiger partial charge in [-0.1, -0.05) is 30.3 Å². The predicted molar refractivity (Wildman–Crippen MR) is 267 cm³/mol. The van der Waals surface area contributed by atoms with E-state index in [-0.39, 0.29) is 46.0 Å². The van der Waals surface area contributed by atoms with Crippen LogP contribution in [0.15, 0.2) is 60.8 Å². The van der Waals surface area contributed by atoms with Crippen LogP contribution in [-0.4, -0.2) is 94.9 Å². The van der Waals surface area contributed by atoms with Gasteiger partial charge in [0.15, 0.2) is 0 Å². The Balaban J connectivity index is 1.02. The fraction of sp³-hybridized carbons (Fsp3) is 0.527. The van der Waals surface area contributed by atoms with Gasteiger partial charge in [-0.2, -0.15) is 8.78 Å². The van der Waals surface area contributed by atoms with Crippen molar-refractivity contribution in [1.82, 2.24) is 29.0 Å². The molecular formula is C55H65F2N7O8. The first-order chi connectivity index (χ1) is 33.5. The van der Waals surface area contributed by atoms with Gasteiger partial charge in [-0.25, -0.2) is 48.3 Å². The molecule has 382 valence electrons. The lowest BCUT2D eigenvalue weighted by Gasteiger charge is -2.43. The van der Waals surface area contributed by atoms with Crippen LogP contribution in [0.3, 0.4) is 0 Å². The topological polar surface area (TPSA) is 151 Å². The van der Waals surface area contributed by atoms with Crippen LogP contribution in [0.25, 0.3) is 44.5 Å². The van der Waals surface area contributed by atoms with Crippen LogP contribution >= 0.6 is 0 Å². The number of likely N-dealkylation sites (tertiary alicyclic amines) is 1. The molecule has 4 heterocycles. The zero-order valence-corrected chi connectivity index (χ0v) is 43.3. The average molecular weight is 990 g/mol. The van der Waals surface area contributed by atoms with Crippen molar-refractivity contribution in [3.05, 3.63) is 77.7 Å². The quantitative estimate of drug-likeness (QED) is 0.158. The van der Waals surface area contributed by atoms with E-state index in [1.165, 1.54) is 27.5 Å². The number of fused-ring (bicyclic) bond motifs is 6. The first-order valence-corrected chi connectivity index (χ1v) is 25.0. The minimum absolute atomic E-state index is 0.112. The number of amides is 2. The van der Waals surface area contributed by atoms with Crippen molar-refractivity contribution in [3.63, 3.8) is 0 Å². The number of ether oxygens (including phenoxy) is 4. The number of hydrazine groups is 1. The van der Waals surface area contributed by atoms with E-state index in [4.69, 9.17) is 28.9 Å². The highest BCUT2D eigenvalue weighted by Gasteiger charge is 2.56. The van der Waals surface area contributed by atoms with Crippen molar-refractivity contribution in [2.45, 2.75) is 162 Å². The van der Waals surface area contributed by atoms with Crippen LogP contribution in [0.2, 0.25) is 0 Å². The third kappa shape index (κ3) is 9.05. The fourth-order valence-electron chi connectivity index (χ4n) is 10.8. The molecule has 2 saturated heterocycles. The van der Waals surface area contributed by atoms with E-state index in [0.717, 1.165) is 32.1 Å². The van der Waals surface area contributed by atoms with Crippen LogP contribution in [0.4, 0.5) is 33.9 Å². The van der Waals surface area contributed by atoms with Crippen LogP contribution < -0.4 is 5.01 Å². The second-order valence-electron chi connectivity index (χ2n) is 24.4. The lowest BCUT2D eigenvalue weighted by molar-refractivity contribution is 0.00745. The number of carbonyl (C=O) groups is 4. The van der Waals surface area contributed by atoms with E-state index in [2.05, 4.69) is 0 Å². The largest absolute Gasteiger partial charge is 0.444 e. The van der Waals surface area contributed by atoms with Gasteiger partial charge < -0.3 is 18.9 Å². The molecule has 0 radical (unpaired) electrons. The van der Waals surface area contributed by atoms with Gasteiger partial charge >= 0.3 is 24.4 Å². The molecule has 5 aliphatic rings. The molecule has 10 rings (SSSR count). The summed E-state index contributed by atoms with van der Waals surface area (Å²) >= 11 is 0. The summed E-state index contributed by atoms with van der Waals surface area (Å²) in [5.41, 5.74) is -0.793. The minimum Gasteiger partial charge on any atom is -0.444 e. The number of imidazole rings is 2. The van der Waals surface area contributed by atoms with E-state index >= 15 is 8.78 Å². The van der Waals surface area contributed by atoms with Crippen molar-refractivity contribution in [2.75, 3.05) is 18.1 Å². The monoisotopic (exact) mass is 989 g/mol. The van der Waals surface area contributed by atoms with Crippen LogP contribution in [0.1, 0.15) is 145 Å². The van der Waals surface area contributed by atoms with Gasteiger partial charge in [-0.15, -0.1) is 0 Å². The minimum atomic E-state index is -3.47. The van der Waals surface area contributed by atoms with Crippen molar-refractivity contribution in [3.8, 4) is 33.5 Å². The van der Waals surface area contributed by atoms with Crippen molar-refractivity contribution in [2.24, 2.45) is 11.3 Å². The number of alkyl halides is 2. The molecule has 3 aromatic carbocycles. The Bertz CT molecular complexity index is 3050. The highest BCUT2D eigenvalue weighted by Crippen LogP contribution is 2.59. The van der Waals surface area contributed by atoms with Crippen LogP contribution in [-0.2, 0) is 24.9 Å². The standard InChI is InChI=1S/C55H65F2N7O8/c1-50(2,3)69-46(65)60-30-54(21-22-54)27-42(60)44-58-28-43(62(44)47(66)70-51(4,5)6)34-15-19-37-36-18-14-32(24-38(36)55(56,57)39(37)25-34)33-16-20-40-41(26-33)63(48(67)71-52(7,8)9)45(59-40)61-29-31-13-17-35(23-31)64(61)49(68)72-53(10,11)12/h14-16,18-20,24-26,28,31,35,42H,13,17,21-23,27,29-30H2,1-12H3/t31-,35-,42+/m1/s1. The van der Waals surface area contributed by atoms with Crippen molar-refractivity contribution in [1.29, 1.82) is 0 Å². The maximum Gasteiger partial charge on any atom is 0.429 e. The molecule has 0 N–H and O–H groups in total. The van der Waals surface area contributed by atoms with E-state index in [9.17, 15) is 19.2 Å². The number of aromatic nitrogens is 4. The smallest absolute Gasteiger partial charge is 0.429 e. The maximum absolute atomic E-state index is 17.2. The molecule has 2 bridgehead atoms. The molecule has 17 heteroatoms. The Morgan fingerprint density at radius 3 is 1.81 bits per heavy atom. The lowest BCUT2D eigenvalue weighted by Crippen LogP contribution is -2.57. The molecule has 4 fully saturated rings. The molecule has 0 unspecified atom stereocenters. The first kappa shape index (κ1) is 49.1. The molecule has 2 aromatic heterocycles. The van der Waals surface area contributed by atoms with Crippen molar-refractivity contribution < 1.29 is 46.9 Å². The van der Waals surface area contributed by atoms with Crippen LogP contribution in [0, 0.1) is 11.3 Å². The van der Waals surface area contributed by atoms with E-state index in [0.29, 0.717) is 58.4 Å². The normalized spacial score (nSPS) is 21.0. The van der Waals surface area contributed by atoms with Gasteiger partial charge in [0.25, 0.3) is 5.92 Å². The first-order valence-electron chi connectivity index (χ1n) is 25.0. The predicted octanol–water partition coefficient (Wildman–Crippen LogP) is 12.9. The van der Waals surface area contributed by atoms with Gasteiger partial charge in [0.2, 0.25) is 5.95 Å². The number of carbonyl (C=O) groups excluding carboxylic acids is 4. The number of benzene rings is 3. The summed E-state index contributed by atoms with van der Waals surface area (Å²) in [7, 11) is 0. The Kier molecular flexibility index (Phi) is 11.2. The van der Waals surface area contributed by atoms with Gasteiger partial charge in [-0.05, 0) is 179 Å². The SMILES string of the molecule is CC(C)(C)OC(=O)N1CC2(CC2)C[C@H]1c1ncc(-c2ccc3c(c2)C(F)(F)c2cc(-c4ccc5nc(N6C[C@@H]7CC[C@H](C7)N6C(=O)OC(C)(C)C)n(C(=O)OC(C)(C)C)c5c4)ccc2-3)n1C(=O)OC(C)(C)C. The van der Waals surface area contributed by atoms with Crippen LogP contribution in [0.5, 0.6) is 0 Å². The van der Waals surface area contributed by atoms with E-state index < -0.39 is 58.7 Å². The van der Waals surface area contributed by atoms with Gasteiger partial charge in [0.1, 0.15) is 28.2 Å². The zero-order chi connectivity index (χ0) is 51.8. The number of anilines is 1. The Morgan fingerprint density at radius 2 is 1.19 bits per heavy atom. The summed E-state index contributed by atoms with van der Waals surface area (Å²) in [6, 6.07) is 14.1. The average Bonchev–Trinajstić information content (AvgIpc) is 3.66. The molecular weight excluding hydrogens is 925 g/mol. The molecule has 5 aromatic rings. The third-order valence-corrected chi connectivity index (χ3v) is 14.0. The molecule has 3 atom stereocenters. The second-order valence-corrected chi connectivity index (χ2v) is 24.4. The molecule has 15 nitrogen and oxygen atoms in total. The molecule has 2 saturated carbocycles. The fourth-order valence-corrected chi connectivity index (χ4v) is 10.8. The summed E-state index contributed by atoms with van der Waals surface area (Å²) in [5.74, 6) is -2.74. The lowest BCUT2D eigenvalue weighted by atomic mass is 9.98. The Morgan fingerprint density at radius 1 is 0.653 bits per heavy atom. The molecule has 2 amide bonds. The molecule has 1 spiro atoms. The molecule has 72 heavy (non-hydrogen) atoms. The molecule has 3 aliphatic carbocycles. The van der Waals surface area contributed by atoms with Gasteiger partial charge in [-0.3, -0.25) is 4.90 Å². The highest BCUT2D eigenvalue weighted by molar-refractivity contribution is 5.94. The summed E-state index contributed by atoms with van der Waals surface area (Å²) in [6.07, 6.45) is 3.88. The van der Waals surface area contributed by atoms with E-state index in [1.807, 2.05) is 20.8 Å². The number of halogens is 2. The summed E-state index contributed by atoms with van der Waals surface area (Å²) in [4.78, 5) is 67.5. The van der Waals surface area contributed by atoms with E-state index in [1.54, 1.807) is 120 Å². The zero-order valence-electron chi connectivity index (χ0n) is 43.3. The summed E-state index contributed by atoms with van der Waals surface area (Å²) in [5, 5.41) is 3.33. The van der Waals surface area contributed by atoms with Gasteiger partial charge in [0, 0.05) is 29.8 Å². The van der Waals surface area contributed by atoms with Crippen molar-refractivity contribution >= 4 is 41.4 Å².